The van der Waals surface area contributed by atoms with Crippen molar-refractivity contribution in [3.05, 3.63) is 29.8 Å². The summed E-state index contributed by atoms with van der Waals surface area (Å²) in [4.78, 5) is 0. The molecule has 0 bridgehead atoms. The summed E-state index contributed by atoms with van der Waals surface area (Å²) >= 11 is 0. The zero-order valence-corrected chi connectivity index (χ0v) is 12.2. The Hall–Kier alpha value is -1.87. The van der Waals surface area contributed by atoms with Crippen molar-refractivity contribution in [1.82, 2.24) is 14.8 Å². The van der Waals surface area contributed by atoms with E-state index >= 15 is 0 Å². The molecule has 0 aliphatic rings. The summed E-state index contributed by atoms with van der Waals surface area (Å²) in [6.45, 7) is 3.86. The largest absolute Gasteiger partial charge is 0.296 e. The molecule has 1 aromatic heterocycles. The van der Waals surface area contributed by atoms with Crippen LogP contribution in [0.25, 0.3) is 11.4 Å². The third kappa shape index (κ3) is 3.24. The molecular weight excluding hydrogens is 302 g/mol. The molecule has 0 amide bonds. The lowest BCUT2D eigenvalue weighted by molar-refractivity contribution is 0.485. The van der Waals surface area contributed by atoms with E-state index in [2.05, 4.69) is 10.2 Å². The van der Waals surface area contributed by atoms with Gasteiger partial charge in [0.2, 0.25) is 0 Å². The first-order valence-electron chi connectivity index (χ1n) is 6.11. The molecule has 9 heteroatoms. The van der Waals surface area contributed by atoms with Crippen molar-refractivity contribution in [2.24, 2.45) is 11.1 Å². The highest BCUT2D eigenvalue weighted by molar-refractivity contribution is 7.89. The zero-order valence-electron chi connectivity index (χ0n) is 11.4. The summed E-state index contributed by atoms with van der Waals surface area (Å²) < 4.78 is 51.4. The number of nitrogens with zero attached hydrogens (tertiary/aromatic N) is 3. The highest BCUT2D eigenvalue weighted by Crippen LogP contribution is 2.25. The third-order valence-corrected chi connectivity index (χ3v) is 3.50. The second kappa shape index (κ2) is 5.49. The normalized spacial score (nSPS) is 12.1. The quantitative estimate of drug-likeness (QED) is 0.926. The molecule has 0 radical (unpaired) electrons. The monoisotopic (exact) mass is 316 g/mol. The summed E-state index contributed by atoms with van der Waals surface area (Å²) in [5.41, 5.74) is -0.168. The maximum absolute atomic E-state index is 13.9. The summed E-state index contributed by atoms with van der Waals surface area (Å²) in [7, 11) is -4.12. The predicted molar refractivity (Wildman–Crippen MR) is 71.6 cm³/mol. The van der Waals surface area contributed by atoms with E-state index < -0.39 is 26.8 Å². The van der Waals surface area contributed by atoms with Crippen molar-refractivity contribution in [2.75, 3.05) is 0 Å². The van der Waals surface area contributed by atoms with Gasteiger partial charge in [-0.25, -0.2) is 22.3 Å². The van der Waals surface area contributed by atoms with E-state index in [1.165, 1.54) is 4.57 Å². The number of nitrogens with two attached hydrogens (primary N) is 1. The second-order valence-electron chi connectivity index (χ2n) is 4.98. The Morgan fingerprint density at radius 3 is 2.52 bits per heavy atom. The molecular formula is C12H14F2N4O2S. The van der Waals surface area contributed by atoms with Gasteiger partial charge in [0.05, 0.1) is 5.56 Å². The van der Waals surface area contributed by atoms with Gasteiger partial charge in [0, 0.05) is 6.54 Å². The molecule has 0 unspecified atom stereocenters. The fourth-order valence-electron chi connectivity index (χ4n) is 1.90. The number of hydrogen-bond acceptors (Lipinski definition) is 4. The van der Waals surface area contributed by atoms with Crippen LogP contribution in [0.4, 0.5) is 8.78 Å². The first kappa shape index (κ1) is 15.5. The van der Waals surface area contributed by atoms with Gasteiger partial charge in [-0.3, -0.25) is 4.57 Å². The van der Waals surface area contributed by atoms with Crippen LogP contribution >= 0.6 is 0 Å². The van der Waals surface area contributed by atoms with Crippen molar-refractivity contribution >= 4 is 10.0 Å². The summed E-state index contributed by atoms with van der Waals surface area (Å²) in [5, 5.41) is 11.8. The minimum atomic E-state index is -4.12. The fourth-order valence-corrected chi connectivity index (χ4v) is 2.52. The minimum Gasteiger partial charge on any atom is -0.296 e. The van der Waals surface area contributed by atoms with Crippen LogP contribution in [0.3, 0.4) is 0 Å². The lowest BCUT2D eigenvalue weighted by Crippen LogP contribution is -2.20. The Balaban J connectivity index is 2.69. The first-order valence-corrected chi connectivity index (χ1v) is 7.66. The highest BCUT2D eigenvalue weighted by atomic mass is 32.2. The number of sulfonamides is 1. The topological polar surface area (TPSA) is 90.9 Å². The van der Waals surface area contributed by atoms with Gasteiger partial charge in [0.25, 0.3) is 15.2 Å². The van der Waals surface area contributed by atoms with E-state index in [-0.39, 0.29) is 23.9 Å². The number of primary sulfonamides is 1. The van der Waals surface area contributed by atoms with Crippen molar-refractivity contribution in [2.45, 2.75) is 25.5 Å². The SMILES string of the molecule is CC(C)Cn1c(-c2cc(F)ccc2F)nnc1S(N)(=O)=O. The van der Waals surface area contributed by atoms with E-state index in [1.54, 1.807) is 0 Å². The molecule has 0 aliphatic heterocycles. The van der Waals surface area contributed by atoms with Crippen molar-refractivity contribution in [1.29, 1.82) is 0 Å². The van der Waals surface area contributed by atoms with Crippen molar-refractivity contribution < 1.29 is 17.2 Å². The van der Waals surface area contributed by atoms with E-state index in [9.17, 15) is 17.2 Å². The van der Waals surface area contributed by atoms with Crippen molar-refractivity contribution in [3.8, 4) is 11.4 Å². The predicted octanol–water partition coefficient (Wildman–Crippen LogP) is 1.53. The number of rotatable bonds is 4. The highest BCUT2D eigenvalue weighted by Gasteiger charge is 2.24. The molecule has 0 fully saturated rings. The van der Waals surface area contributed by atoms with Crippen LogP contribution < -0.4 is 5.14 Å². The molecule has 6 nitrogen and oxygen atoms in total. The lowest BCUT2D eigenvalue weighted by atomic mass is 10.1. The Morgan fingerprint density at radius 1 is 1.29 bits per heavy atom. The minimum absolute atomic E-state index is 0.0249. The Kier molecular flexibility index (Phi) is 4.06. The number of benzene rings is 1. The van der Waals surface area contributed by atoms with Gasteiger partial charge in [-0.2, -0.15) is 0 Å². The second-order valence-corrected chi connectivity index (χ2v) is 6.43. The Morgan fingerprint density at radius 2 is 1.95 bits per heavy atom. The zero-order chi connectivity index (χ0) is 15.8. The average molecular weight is 316 g/mol. The van der Waals surface area contributed by atoms with Gasteiger partial charge in [-0.15, -0.1) is 10.2 Å². The van der Waals surface area contributed by atoms with Gasteiger partial charge < -0.3 is 0 Å². The van der Waals surface area contributed by atoms with E-state index in [4.69, 9.17) is 5.14 Å². The smallest absolute Gasteiger partial charge is 0.273 e. The molecule has 2 N–H and O–H groups in total. The third-order valence-electron chi connectivity index (χ3n) is 2.69. The van der Waals surface area contributed by atoms with Gasteiger partial charge in [-0.1, -0.05) is 13.8 Å². The number of halogens is 2. The van der Waals surface area contributed by atoms with Crippen LogP contribution in [0.15, 0.2) is 23.4 Å². The first-order chi connectivity index (χ1) is 9.70. The van der Waals surface area contributed by atoms with Gasteiger partial charge in [-0.05, 0) is 24.1 Å². The number of hydrogen-bond donors (Lipinski definition) is 1. The van der Waals surface area contributed by atoms with E-state index in [1.807, 2.05) is 13.8 Å². The van der Waals surface area contributed by atoms with Crippen molar-refractivity contribution in [3.63, 3.8) is 0 Å². The van der Waals surface area contributed by atoms with E-state index in [0.717, 1.165) is 18.2 Å². The Bertz CT molecular complexity index is 772. The van der Waals surface area contributed by atoms with Crippen LogP contribution in [0, 0.1) is 17.6 Å². The standard InChI is InChI=1S/C12H14F2N4O2S/c1-7(2)6-18-11(16-17-12(18)21(15,19)20)9-5-8(13)3-4-10(9)14/h3-5,7H,6H2,1-2H3,(H2,15,19,20). The summed E-state index contributed by atoms with van der Waals surface area (Å²) in [6, 6.07) is 2.83. The number of aromatic nitrogens is 3. The van der Waals surface area contributed by atoms with Crippen LogP contribution in [-0.2, 0) is 16.6 Å². The molecule has 2 aromatic rings. The average Bonchev–Trinajstić information content (AvgIpc) is 2.74. The van der Waals surface area contributed by atoms with E-state index in [0.29, 0.717) is 0 Å². The van der Waals surface area contributed by atoms with Gasteiger partial charge in [0.1, 0.15) is 11.6 Å². The van der Waals surface area contributed by atoms with Crippen LogP contribution in [0.2, 0.25) is 0 Å². The van der Waals surface area contributed by atoms with Crippen LogP contribution in [0.1, 0.15) is 13.8 Å². The lowest BCUT2D eigenvalue weighted by Gasteiger charge is -2.12. The molecule has 21 heavy (non-hydrogen) atoms. The molecule has 1 heterocycles. The molecule has 0 saturated carbocycles. The molecule has 0 atom stereocenters. The molecule has 0 aliphatic carbocycles. The van der Waals surface area contributed by atoms with Gasteiger partial charge in [0.15, 0.2) is 5.82 Å². The summed E-state index contributed by atoms with van der Waals surface area (Å²) in [6.07, 6.45) is 0. The van der Waals surface area contributed by atoms with Gasteiger partial charge >= 0.3 is 0 Å². The summed E-state index contributed by atoms with van der Waals surface area (Å²) in [5.74, 6) is -1.45. The van der Waals surface area contributed by atoms with Crippen LogP contribution in [0.5, 0.6) is 0 Å². The molecule has 114 valence electrons. The Labute approximate surface area is 120 Å². The molecule has 2 rings (SSSR count). The fraction of sp³-hybridized carbons (Fsp3) is 0.333. The maximum Gasteiger partial charge on any atom is 0.273 e. The molecule has 0 spiro atoms. The maximum atomic E-state index is 13.9. The van der Waals surface area contributed by atoms with Crippen LogP contribution in [-0.4, -0.2) is 23.2 Å². The molecule has 1 aromatic carbocycles. The molecule has 0 saturated heterocycles.